The summed E-state index contributed by atoms with van der Waals surface area (Å²) in [5.41, 5.74) is 0.920. The Balaban J connectivity index is 2.07. The topological polar surface area (TPSA) is 12.0 Å². The Morgan fingerprint density at radius 2 is 1.71 bits per heavy atom. The summed E-state index contributed by atoms with van der Waals surface area (Å²) in [6, 6.07) is 7.50. The molecule has 2 aromatic rings. The minimum atomic E-state index is 0.633. The van der Waals surface area contributed by atoms with Crippen LogP contribution in [0.3, 0.4) is 0 Å². The fourth-order valence-corrected chi connectivity index (χ4v) is 3.97. The van der Waals surface area contributed by atoms with Gasteiger partial charge in [-0.25, -0.2) is 0 Å². The molecule has 0 aliphatic rings. The Morgan fingerprint density at radius 1 is 1.06 bits per heavy atom. The third-order valence-corrected chi connectivity index (χ3v) is 5.72. The number of benzene rings is 1. The van der Waals surface area contributed by atoms with Gasteiger partial charge >= 0.3 is 0 Å². The van der Waals surface area contributed by atoms with Crippen LogP contribution < -0.4 is 5.32 Å². The van der Waals surface area contributed by atoms with Crippen molar-refractivity contribution in [3.8, 4) is 0 Å². The normalized spacial score (nSPS) is 10.6. The van der Waals surface area contributed by atoms with Gasteiger partial charge in [-0.15, -0.1) is 11.3 Å². The van der Waals surface area contributed by atoms with Crippen molar-refractivity contribution in [3.63, 3.8) is 0 Å². The SMILES string of the molecule is Clc1cc(Cl)cc(NCc2cc(Br)c(Br)s2)c1. The predicted octanol–water partition coefficient (Wildman–Crippen LogP) is 6.19. The molecule has 0 fully saturated rings. The summed E-state index contributed by atoms with van der Waals surface area (Å²) in [6.45, 7) is 0.742. The van der Waals surface area contributed by atoms with Crippen LogP contribution in [0.1, 0.15) is 4.88 Å². The highest BCUT2D eigenvalue weighted by Crippen LogP contribution is 2.33. The van der Waals surface area contributed by atoms with Gasteiger partial charge in [0.1, 0.15) is 0 Å². The van der Waals surface area contributed by atoms with Crippen LogP contribution in [0.25, 0.3) is 0 Å². The molecule has 1 heterocycles. The molecule has 1 nitrogen and oxygen atoms in total. The second-order valence-electron chi connectivity index (χ2n) is 3.35. The van der Waals surface area contributed by atoms with Crippen LogP contribution in [-0.2, 0) is 6.54 Å². The summed E-state index contributed by atoms with van der Waals surface area (Å²) in [4.78, 5) is 1.22. The van der Waals surface area contributed by atoms with E-state index in [2.05, 4.69) is 43.2 Å². The first kappa shape index (κ1) is 13.7. The Hall–Kier alpha value is 0.260. The summed E-state index contributed by atoms with van der Waals surface area (Å²) in [5, 5.41) is 4.55. The predicted molar refractivity (Wildman–Crippen MR) is 83.5 cm³/mol. The van der Waals surface area contributed by atoms with E-state index >= 15 is 0 Å². The maximum Gasteiger partial charge on any atom is 0.0843 e. The van der Waals surface area contributed by atoms with Crippen molar-refractivity contribution < 1.29 is 0 Å². The van der Waals surface area contributed by atoms with Crippen molar-refractivity contribution in [1.82, 2.24) is 0 Å². The minimum absolute atomic E-state index is 0.633. The zero-order valence-electron chi connectivity index (χ0n) is 8.44. The molecule has 1 aromatic heterocycles. The van der Waals surface area contributed by atoms with Crippen LogP contribution in [-0.4, -0.2) is 0 Å². The lowest BCUT2D eigenvalue weighted by molar-refractivity contribution is 1.19. The van der Waals surface area contributed by atoms with Crippen LogP contribution in [0.5, 0.6) is 0 Å². The van der Waals surface area contributed by atoms with Gasteiger partial charge in [-0.1, -0.05) is 23.2 Å². The van der Waals surface area contributed by atoms with E-state index in [1.54, 1.807) is 17.4 Å². The van der Waals surface area contributed by atoms with Crippen molar-refractivity contribution >= 4 is 72.1 Å². The summed E-state index contributed by atoms with van der Waals surface area (Å²) in [6.07, 6.45) is 0. The largest absolute Gasteiger partial charge is 0.380 e. The molecule has 17 heavy (non-hydrogen) atoms. The Morgan fingerprint density at radius 3 is 2.24 bits per heavy atom. The number of rotatable bonds is 3. The highest BCUT2D eigenvalue weighted by atomic mass is 79.9. The smallest absolute Gasteiger partial charge is 0.0843 e. The molecule has 1 aromatic carbocycles. The van der Waals surface area contributed by atoms with E-state index in [0.29, 0.717) is 10.0 Å². The summed E-state index contributed by atoms with van der Waals surface area (Å²) in [5.74, 6) is 0. The van der Waals surface area contributed by atoms with Gasteiger partial charge in [0.25, 0.3) is 0 Å². The Labute approximate surface area is 130 Å². The number of hydrogen-bond acceptors (Lipinski definition) is 2. The fraction of sp³-hybridized carbons (Fsp3) is 0.0909. The Kier molecular flexibility index (Phi) is 4.78. The van der Waals surface area contributed by atoms with E-state index in [1.165, 1.54) is 4.88 Å². The van der Waals surface area contributed by atoms with Crippen molar-refractivity contribution in [3.05, 3.63) is 47.4 Å². The van der Waals surface area contributed by atoms with Gasteiger partial charge in [0.15, 0.2) is 0 Å². The van der Waals surface area contributed by atoms with E-state index in [-0.39, 0.29) is 0 Å². The molecule has 90 valence electrons. The van der Waals surface area contributed by atoms with Crippen LogP contribution >= 0.6 is 66.4 Å². The molecule has 0 atom stereocenters. The van der Waals surface area contributed by atoms with Crippen LogP contribution in [0.2, 0.25) is 10.0 Å². The van der Waals surface area contributed by atoms with E-state index in [1.807, 2.05) is 12.1 Å². The van der Waals surface area contributed by atoms with Crippen LogP contribution in [0.15, 0.2) is 32.5 Å². The van der Waals surface area contributed by atoms with Crippen molar-refractivity contribution in [1.29, 1.82) is 0 Å². The Bertz CT molecular complexity index is 503. The van der Waals surface area contributed by atoms with Gasteiger partial charge in [0, 0.05) is 31.6 Å². The molecule has 1 N–H and O–H groups in total. The third-order valence-electron chi connectivity index (χ3n) is 2.03. The molecule has 0 aliphatic heterocycles. The average Bonchev–Trinajstić information content (AvgIpc) is 2.54. The molecule has 0 amide bonds. The minimum Gasteiger partial charge on any atom is -0.380 e. The van der Waals surface area contributed by atoms with Crippen molar-refractivity contribution in [2.75, 3.05) is 5.32 Å². The quantitative estimate of drug-likeness (QED) is 0.630. The lowest BCUT2D eigenvalue weighted by atomic mass is 10.3. The van der Waals surface area contributed by atoms with E-state index in [0.717, 1.165) is 20.5 Å². The van der Waals surface area contributed by atoms with Crippen LogP contribution in [0.4, 0.5) is 5.69 Å². The standard InChI is InChI=1S/C11H7Br2Cl2NS/c12-10-4-9(17-11(10)13)5-16-8-2-6(14)1-7(15)3-8/h1-4,16H,5H2. The summed E-state index contributed by atoms with van der Waals surface area (Å²) >= 11 is 20.5. The first-order chi connectivity index (χ1) is 8.04. The number of hydrogen-bond donors (Lipinski definition) is 1. The van der Waals surface area contributed by atoms with Crippen molar-refractivity contribution in [2.24, 2.45) is 0 Å². The number of nitrogens with one attached hydrogen (secondary N) is 1. The number of halogens is 4. The molecule has 2 rings (SSSR count). The lowest BCUT2D eigenvalue weighted by Crippen LogP contribution is -1.96. The highest BCUT2D eigenvalue weighted by molar-refractivity contribution is 9.13. The fourth-order valence-electron chi connectivity index (χ4n) is 1.32. The second-order valence-corrected chi connectivity index (χ2v) is 7.53. The van der Waals surface area contributed by atoms with Gasteiger partial charge in [-0.2, -0.15) is 0 Å². The molecule has 0 radical (unpaired) electrons. The first-order valence-corrected chi connectivity index (χ1v) is 7.84. The van der Waals surface area contributed by atoms with Gasteiger partial charge in [-0.3, -0.25) is 0 Å². The zero-order chi connectivity index (χ0) is 12.4. The molecule has 0 saturated carbocycles. The monoisotopic (exact) mass is 413 g/mol. The molecule has 0 aliphatic carbocycles. The molecule has 0 unspecified atom stereocenters. The molecule has 0 bridgehead atoms. The van der Waals surface area contributed by atoms with Gasteiger partial charge in [0.05, 0.1) is 3.79 Å². The highest BCUT2D eigenvalue weighted by Gasteiger charge is 2.04. The molecule has 0 saturated heterocycles. The van der Waals surface area contributed by atoms with E-state index < -0.39 is 0 Å². The maximum absolute atomic E-state index is 5.92. The summed E-state index contributed by atoms with van der Waals surface area (Å²) < 4.78 is 2.17. The average molecular weight is 416 g/mol. The first-order valence-electron chi connectivity index (χ1n) is 4.68. The molecular formula is C11H7Br2Cl2NS. The third kappa shape index (κ3) is 3.86. The lowest BCUT2D eigenvalue weighted by Gasteiger charge is -2.05. The molecule has 0 spiro atoms. The second kappa shape index (κ2) is 5.93. The van der Waals surface area contributed by atoms with Gasteiger partial charge < -0.3 is 5.32 Å². The summed E-state index contributed by atoms with van der Waals surface area (Å²) in [7, 11) is 0. The maximum atomic E-state index is 5.92. The van der Waals surface area contributed by atoms with Gasteiger partial charge in [0.2, 0.25) is 0 Å². The van der Waals surface area contributed by atoms with Gasteiger partial charge in [-0.05, 0) is 56.1 Å². The molecule has 6 heteroatoms. The van der Waals surface area contributed by atoms with Crippen molar-refractivity contribution in [2.45, 2.75) is 6.54 Å². The number of thiophene rings is 1. The number of anilines is 1. The van der Waals surface area contributed by atoms with E-state index in [9.17, 15) is 0 Å². The zero-order valence-corrected chi connectivity index (χ0v) is 13.9. The molecular weight excluding hydrogens is 409 g/mol. The van der Waals surface area contributed by atoms with E-state index in [4.69, 9.17) is 23.2 Å². The van der Waals surface area contributed by atoms with Crippen LogP contribution in [0, 0.1) is 0 Å².